The van der Waals surface area contributed by atoms with E-state index in [4.69, 9.17) is 22.8 Å². The van der Waals surface area contributed by atoms with E-state index in [1.165, 1.54) is 35.5 Å². The van der Waals surface area contributed by atoms with Crippen LogP contribution in [0.2, 0.25) is 0 Å². The van der Waals surface area contributed by atoms with E-state index < -0.39 is 26.2 Å². The molecule has 0 saturated heterocycles. The van der Waals surface area contributed by atoms with Crippen LogP contribution in [0.25, 0.3) is 11.1 Å². The van der Waals surface area contributed by atoms with Crippen LogP contribution >= 0.6 is 15.9 Å². The van der Waals surface area contributed by atoms with Gasteiger partial charge in [0.05, 0.1) is 19.6 Å². The van der Waals surface area contributed by atoms with Crippen LogP contribution < -0.4 is 14.7 Å². The minimum Gasteiger partial charge on any atom is -0.496 e. The van der Waals surface area contributed by atoms with E-state index in [-0.39, 0.29) is 22.6 Å². The Morgan fingerprint density at radius 1 is 0.651 bits per heavy atom. The van der Waals surface area contributed by atoms with E-state index in [0.717, 1.165) is 26.7 Å². The van der Waals surface area contributed by atoms with Gasteiger partial charge in [-0.25, -0.2) is 9.59 Å². The van der Waals surface area contributed by atoms with Crippen LogP contribution in [-0.2, 0) is 18.7 Å². The van der Waals surface area contributed by atoms with Gasteiger partial charge in [-0.15, -0.1) is 0 Å². The lowest BCUT2D eigenvalue weighted by molar-refractivity contribution is 0.0682. The highest BCUT2D eigenvalue weighted by atomic mass is 79.9. The van der Waals surface area contributed by atoms with Crippen molar-refractivity contribution in [2.24, 2.45) is 0 Å². The van der Waals surface area contributed by atoms with Gasteiger partial charge in [0.1, 0.15) is 22.6 Å². The van der Waals surface area contributed by atoms with Crippen LogP contribution in [0.5, 0.6) is 11.5 Å². The number of benzene rings is 4. The molecule has 1 aliphatic rings. The van der Waals surface area contributed by atoms with Crippen LogP contribution in [0.1, 0.15) is 43.0 Å². The highest BCUT2D eigenvalue weighted by Gasteiger charge is 2.49. The molecule has 0 aliphatic heterocycles. The number of fused-ring (bicyclic) bond motifs is 3. The third kappa shape index (κ3) is 4.64. The Hall–Kier alpha value is -4.00. The lowest BCUT2D eigenvalue weighted by Crippen LogP contribution is -2.55. The van der Waals surface area contributed by atoms with E-state index in [1.807, 2.05) is 36.4 Å². The number of carbonyl (C=O) groups is 2. The maximum absolute atomic E-state index is 12.4. The van der Waals surface area contributed by atoms with Crippen LogP contribution in [0, 0.1) is 0 Å². The molecule has 0 spiro atoms. The Morgan fingerprint density at radius 2 is 1.12 bits per heavy atom. The molecule has 0 radical (unpaired) electrons. The topological polar surface area (TPSA) is 121 Å². The van der Waals surface area contributed by atoms with Gasteiger partial charge in [0.2, 0.25) is 0 Å². The summed E-state index contributed by atoms with van der Waals surface area (Å²) in [5, 5.41) is 21.0. The fraction of sp³-hybridized carbons (Fsp3) is 0.188. The lowest BCUT2D eigenvalue weighted by atomic mass is 9.67. The largest absolute Gasteiger partial charge is 0.536 e. The molecule has 11 heteroatoms. The van der Waals surface area contributed by atoms with Crippen LogP contribution in [-0.4, -0.2) is 66.5 Å². The Bertz CT molecular complexity index is 1680. The first-order chi connectivity index (χ1) is 20.6. The molecule has 0 unspecified atom stereocenters. The van der Waals surface area contributed by atoms with Gasteiger partial charge in [-0.1, -0.05) is 52.3 Å². The quantitative estimate of drug-likeness (QED) is 0.191. The average molecular weight is 666 g/mol. The van der Waals surface area contributed by atoms with Crippen LogP contribution in [0.15, 0.2) is 77.3 Å². The van der Waals surface area contributed by atoms with Crippen molar-refractivity contribution >= 4 is 41.9 Å². The SMILES string of the molecule is COc1ccc(C2(c3ccc(OC)c(C(=O)O)c3)c3cc(Br)ccc3-c3ccc([Si](OC)(OC)OC)cc32)cc1C(=O)O. The zero-order valence-corrected chi connectivity index (χ0v) is 26.6. The van der Waals surface area contributed by atoms with E-state index in [2.05, 4.69) is 15.9 Å². The summed E-state index contributed by atoms with van der Waals surface area (Å²) in [6, 6.07) is 21.7. The first kappa shape index (κ1) is 30.5. The highest BCUT2D eigenvalue weighted by Crippen LogP contribution is 2.57. The molecule has 0 aromatic heterocycles. The fourth-order valence-corrected chi connectivity index (χ4v) is 8.27. The number of hydrogen-bond donors (Lipinski definition) is 2. The normalized spacial score (nSPS) is 13.3. The van der Waals surface area contributed by atoms with Gasteiger partial charge in [0.15, 0.2) is 0 Å². The number of methoxy groups -OCH3 is 2. The minimum atomic E-state index is -3.34. The predicted molar refractivity (Wildman–Crippen MR) is 165 cm³/mol. The summed E-state index contributed by atoms with van der Waals surface area (Å²) in [6.45, 7) is 0. The van der Waals surface area contributed by atoms with Crippen molar-refractivity contribution in [1.29, 1.82) is 0 Å². The van der Waals surface area contributed by atoms with Crippen LogP contribution in [0.3, 0.4) is 0 Å². The van der Waals surface area contributed by atoms with Gasteiger partial charge < -0.3 is 33.0 Å². The molecule has 2 N–H and O–H groups in total. The summed E-state index contributed by atoms with van der Waals surface area (Å²) >= 11 is 3.63. The molecule has 222 valence electrons. The molecule has 0 heterocycles. The Balaban J connectivity index is 2.00. The Morgan fingerprint density at radius 3 is 1.56 bits per heavy atom. The molecule has 4 aromatic rings. The second-order valence-corrected chi connectivity index (χ2v) is 13.6. The second kappa shape index (κ2) is 11.6. The molecule has 1 aliphatic carbocycles. The Kier molecular flexibility index (Phi) is 8.21. The molecule has 5 rings (SSSR count). The molecule has 0 amide bonds. The summed E-state index contributed by atoms with van der Waals surface area (Å²) in [5.41, 5.74) is 3.25. The molecule has 0 atom stereocenters. The summed E-state index contributed by atoms with van der Waals surface area (Å²) in [4.78, 5) is 24.9. The first-order valence-corrected chi connectivity index (χ1v) is 15.6. The van der Waals surface area contributed by atoms with E-state index in [0.29, 0.717) is 16.3 Å². The number of ether oxygens (including phenoxy) is 2. The van der Waals surface area contributed by atoms with Gasteiger partial charge >= 0.3 is 20.7 Å². The van der Waals surface area contributed by atoms with Gasteiger partial charge in [-0.3, -0.25) is 0 Å². The van der Waals surface area contributed by atoms with Gasteiger partial charge in [0, 0.05) is 31.0 Å². The van der Waals surface area contributed by atoms with E-state index >= 15 is 0 Å². The van der Waals surface area contributed by atoms with Crippen molar-refractivity contribution in [3.63, 3.8) is 0 Å². The summed E-state index contributed by atoms with van der Waals surface area (Å²) < 4.78 is 29.0. The molecule has 43 heavy (non-hydrogen) atoms. The van der Waals surface area contributed by atoms with E-state index in [9.17, 15) is 19.8 Å². The van der Waals surface area contributed by atoms with Crippen molar-refractivity contribution in [3.8, 4) is 22.6 Å². The monoisotopic (exact) mass is 664 g/mol. The van der Waals surface area contributed by atoms with Crippen molar-refractivity contribution in [3.05, 3.63) is 111 Å². The summed E-state index contributed by atoms with van der Waals surface area (Å²) in [5.74, 6) is -1.95. The van der Waals surface area contributed by atoms with Gasteiger partial charge in [0.25, 0.3) is 0 Å². The van der Waals surface area contributed by atoms with Crippen molar-refractivity contribution in [1.82, 2.24) is 0 Å². The number of halogens is 1. The van der Waals surface area contributed by atoms with Gasteiger partial charge in [-0.2, -0.15) is 0 Å². The highest BCUT2D eigenvalue weighted by molar-refractivity contribution is 9.10. The van der Waals surface area contributed by atoms with Crippen molar-refractivity contribution in [2.45, 2.75) is 5.41 Å². The summed E-state index contributed by atoms with van der Waals surface area (Å²) in [7, 11) is 4.06. The van der Waals surface area contributed by atoms with Crippen LogP contribution in [0.4, 0.5) is 0 Å². The Labute approximate surface area is 258 Å². The standard InChI is InChI=1S/C32H29BrO9Si/c1-38-28-12-6-18(14-24(28)30(34)35)32(19-7-13-29(39-2)25(15-19)31(36)37)26-16-20(33)8-10-22(26)23-11-9-21(17-27(23)32)43(40-3,41-4)42-5/h6-17H,1-5H3,(H,34,35)(H,36,37). The third-order valence-corrected chi connectivity index (χ3v) is 11.1. The lowest BCUT2D eigenvalue weighted by Gasteiger charge is -2.35. The number of carboxylic acid groups (broad SMARTS) is 2. The number of carboxylic acids is 2. The zero-order valence-electron chi connectivity index (χ0n) is 24.1. The smallest absolute Gasteiger partial charge is 0.496 e. The molecule has 0 saturated carbocycles. The maximum Gasteiger partial charge on any atom is 0.536 e. The molecule has 9 nitrogen and oxygen atoms in total. The predicted octanol–water partition coefficient (Wildman–Crippen LogP) is 5.31. The number of aromatic carboxylic acids is 2. The molecule has 0 fully saturated rings. The number of rotatable bonds is 10. The van der Waals surface area contributed by atoms with Gasteiger partial charge in [-0.05, 0) is 69.8 Å². The third-order valence-electron chi connectivity index (χ3n) is 7.98. The molecular formula is C32H29BrO9Si. The van der Waals surface area contributed by atoms with Crippen molar-refractivity contribution < 1.29 is 42.6 Å². The summed E-state index contributed by atoms with van der Waals surface area (Å²) in [6.07, 6.45) is 0. The van der Waals surface area contributed by atoms with E-state index in [1.54, 1.807) is 36.4 Å². The second-order valence-electron chi connectivity index (χ2n) is 9.81. The fourth-order valence-electron chi connectivity index (χ4n) is 6.10. The van der Waals surface area contributed by atoms with Crippen molar-refractivity contribution in [2.75, 3.05) is 35.5 Å². The molecular weight excluding hydrogens is 636 g/mol. The minimum absolute atomic E-state index is 0.0399. The average Bonchev–Trinajstić information content (AvgIpc) is 3.31. The molecule has 4 aromatic carbocycles. The number of hydrogen-bond acceptors (Lipinski definition) is 7. The maximum atomic E-state index is 12.4. The molecule has 0 bridgehead atoms. The zero-order chi connectivity index (χ0) is 31.1. The first-order valence-electron chi connectivity index (χ1n) is 13.1.